The summed E-state index contributed by atoms with van der Waals surface area (Å²) in [6, 6.07) is 0.441. The minimum Gasteiger partial charge on any atom is -0.447 e. The van der Waals surface area contributed by atoms with E-state index in [1.807, 2.05) is 4.90 Å². The lowest BCUT2D eigenvalue weighted by atomic mass is 9.65. The number of carbonyl (C=O) groups is 2. The molecule has 0 bridgehead atoms. The first-order valence-electron chi connectivity index (χ1n) is 6.62. The van der Waals surface area contributed by atoms with Gasteiger partial charge in [0, 0.05) is 12.0 Å². The van der Waals surface area contributed by atoms with Crippen LogP contribution in [0.5, 0.6) is 0 Å². The van der Waals surface area contributed by atoms with Crippen LogP contribution in [-0.4, -0.2) is 36.0 Å². The Labute approximate surface area is 101 Å². The molecule has 0 aromatic heterocycles. The zero-order valence-electron chi connectivity index (χ0n) is 10.2. The summed E-state index contributed by atoms with van der Waals surface area (Å²) in [5.41, 5.74) is 0. The van der Waals surface area contributed by atoms with Crippen LogP contribution in [0.3, 0.4) is 0 Å². The minimum absolute atomic E-state index is 0.158. The fraction of sp³-hybridized carbons (Fsp3) is 0.846. The molecule has 0 spiro atoms. The van der Waals surface area contributed by atoms with Gasteiger partial charge in [-0.25, -0.2) is 4.79 Å². The number of ether oxygens (including phenoxy) is 1. The maximum absolute atomic E-state index is 11.7. The van der Waals surface area contributed by atoms with Crippen LogP contribution in [0.25, 0.3) is 0 Å². The van der Waals surface area contributed by atoms with Crippen molar-refractivity contribution in [1.29, 1.82) is 0 Å². The van der Waals surface area contributed by atoms with E-state index in [9.17, 15) is 9.59 Å². The van der Waals surface area contributed by atoms with E-state index in [0.717, 1.165) is 32.0 Å². The summed E-state index contributed by atoms with van der Waals surface area (Å²) in [5, 5.41) is 0. The average molecular weight is 237 g/mol. The lowest BCUT2D eigenvalue weighted by molar-refractivity contribution is -0.116. The second-order valence-corrected chi connectivity index (χ2v) is 5.67. The first-order valence-corrected chi connectivity index (χ1v) is 6.62. The standard InChI is InChI=1S/C13H19NO3/c1-8-11-4-2-3-9(6-15)12(11)5-10-7-17-13(16)14(8)10/h6,8-12H,2-5,7H2,1H3/t8?,9?,10-,11?,12?/m0/s1. The number of hydrogen-bond donors (Lipinski definition) is 0. The zero-order valence-corrected chi connectivity index (χ0v) is 10.2. The molecule has 1 saturated carbocycles. The number of carbonyl (C=O) groups excluding carboxylic acids is 2. The van der Waals surface area contributed by atoms with E-state index in [0.29, 0.717) is 18.4 Å². The van der Waals surface area contributed by atoms with E-state index in [2.05, 4.69) is 6.92 Å². The maximum Gasteiger partial charge on any atom is 0.410 e. The monoisotopic (exact) mass is 237 g/mol. The molecule has 17 heavy (non-hydrogen) atoms. The molecule has 0 N–H and O–H groups in total. The van der Waals surface area contributed by atoms with Gasteiger partial charge in [-0.2, -0.15) is 0 Å². The Balaban J connectivity index is 1.86. The number of rotatable bonds is 1. The largest absolute Gasteiger partial charge is 0.447 e. The topological polar surface area (TPSA) is 46.6 Å². The molecule has 1 amide bonds. The Hall–Kier alpha value is -1.06. The van der Waals surface area contributed by atoms with Crippen LogP contribution in [0.15, 0.2) is 0 Å². The number of nitrogens with zero attached hydrogens (tertiary/aromatic N) is 1. The normalized spacial score (nSPS) is 44.9. The quantitative estimate of drug-likeness (QED) is 0.654. The molecule has 4 unspecified atom stereocenters. The zero-order chi connectivity index (χ0) is 12.0. The van der Waals surface area contributed by atoms with Gasteiger partial charge in [0.05, 0.1) is 6.04 Å². The number of cyclic esters (lactones) is 1. The molecule has 2 heterocycles. The van der Waals surface area contributed by atoms with Crippen LogP contribution in [0.2, 0.25) is 0 Å². The number of hydrogen-bond acceptors (Lipinski definition) is 3. The fourth-order valence-corrected chi connectivity index (χ4v) is 4.12. The summed E-state index contributed by atoms with van der Waals surface area (Å²) >= 11 is 0. The highest BCUT2D eigenvalue weighted by Crippen LogP contribution is 2.45. The summed E-state index contributed by atoms with van der Waals surface area (Å²) in [6.07, 6.45) is 5.21. The molecule has 3 fully saturated rings. The van der Waals surface area contributed by atoms with Crippen molar-refractivity contribution in [2.24, 2.45) is 17.8 Å². The molecule has 1 aliphatic carbocycles. The van der Waals surface area contributed by atoms with Crippen LogP contribution in [-0.2, 0) is 9.53 Å². The van der Waals surface area contributed by atoms with Crippen LogP contribution in [0, 0.1) is 17.8 Å². The molecular weight excluding hydrogens is 218 g/mol. The van der Waals surface area contributed by atoms with E-state index >= 15 is 0 Å². The molecule has 3 rings (SSSR count). The summed E-state index contributed by atoms with van der Waals surface area (Å²) in [5.74, 6) is 1.15. The van der Waals surface area contributed by atoms with Gasteiger partial charge >= 0.3 is 6.09 Å². The fourth-order valence-electron chi connectivity index (χ4n) is 4.12. The van der Waals surface area contributed by atoms with Crippen molar-refractivity contribution in [3.63, 3.8) is 0 Å². The predicted molar refractivity (Wildman–Crippen MR) is 61.4 cm³/mol. The van der Waals surface area contributed by atoms with Gasteiger partial charge in [-0.15, -0.1) is 0 Å². The lowest BCUT2D eigenvalue weighted by Crippen LogP contribution is -2.54. The van der Waals surface area contributed by atoms with Gasteiger partial charge in [-0.1, -0.05) is 6.42 Å². The van der Waals surface area contributed by atoms with E-state index in [1.54, 1.807) is 0 Å². The van der Waals surface area contributed by atoms with Gasteiger partial charge in [0.1, 0.15) is 12.9 Å². The first-order chi connectivity index (χ1) is 8.22. The average Bonchev–Trinajstić information content (AvgIpc) is 2.71. The third kappa shape index (κ3) is 1.57. The summed E-state index contributed by atoms with van der Waals surface area (Å²) in [7, 11) is 0. The SMILES string of the molecule is CC1C2CCCC(C=O)C2C[C@H]2COC(=O)N12. The molecule has 3 aliphatic rings. The Morgan fingerprint density at radius 1 is 1.35 bits per heavy atom. The molecule has 2 saturated heterocycles. The molecule has 2 aliphatic heterocycles. The third-order valence-corrected chi connectivity index (χ3v) is 4.96. The molecule has 4 heteroatoms. The molecule has 0 radical (unpaired) electrons. The lowest BCUT2D eigenvalue weighted by Gasteiger charge is -2.48. The van der Waals surface area contributed by atoms with Crippen LogP contribution >= 0.6 is 0 Å². The number of fused-ring (bicyclic) bond motifs is 2. The molecule has 4 nitrogen and oxygen atoms in total. The maximum atomic E-state index is 11.7. The van der Waals surface area contributed by atoms with Crippen molar-refractivity contribution in [2.45, 2.75) is 44.7 Å². The minimum atomic E-state index is -0.158. The highest BCUT2D eigenvalue weighted by Gasteiger charge is 2.50. The molecule has 0 aromatic carbocycles. The number of amides is 1. The molecule has 5 atom stereocenters. The van der Waals surface area contributed by atoms with E-state index in [1.165, 1.54) is 0 Å². The Kier molecular flexibility index (Phi) is 2.60. The molecule has 94 valence electrons. The third-order valence-electron chi connectivity index (χ3n) is 4.96. The van der Waals surface area contributed by atoms with Gasteiger partial charge in [-0.05, 0) is 38.0 Å². The Bertz CT molecular complexity index is 344. The van der Waals surface area contributed by atoms with Crippen LogP contribution < -0.4 is 0 Å². The predicted octanol–water partition coefficient (Wildman–Crippen LogP) is 1.83. The highest BCUT2D eigenvalue weighted by molar-refractivity contribution is 5.71. The highest BCUT2D eigenvalue weighted by atomic mass is 16.6. The molecular formula is C13H19NO3. The van der Waals surface area contributed by atoms with Crippen molar-refractivity contribution in [2.75, 3.05) is 6.61 Å². The summed E-state index contributed by atoms with van der Waals surface area (Å²) in [6.45, 7) is 2.63. The molecule has 0 aromatic rings. The smallest absolute Gasteiger partial charge is 0.410 e. The van der Waals surface area contributed by atoms with Gasteiger partial charge in [0.15, 0.2) is 0 Å². The number of piperidine rings is 1. The first kappa shape index (κ1) is 11.1. The van der Waals surface area contributed by atoms with Crippen LogP contribution in [0.1, 0.15) is 32.6 Å². The number of aldehydes is 1. The van der Waals surface area contributed by atoms with Crippen molar-refractivity contribution in [3.05, 3.63) is 0 Å². The van der Waals surface area contributed by atoms with E-state index in [-0.39, 0.29) is 24.1 Å². The van der Waals surface area contributed by atoms with Crippen molar-refractivity contribution < 1.29 is 14.3 Å². The van der Waals surface area contributed by atoms with Gasteiger partial charge < -0.3 is 9.53 Å². The van der Waals surface area contributed by atoms with Gasteiger partial charge in [0.2, 0.25) is 0 Å². The summed E-state index contributed by atoms with van der Waals surface area (Å²) in [4.78, 5) is 24.8. The second-order valence-electron chi connectivity index (χ2n) is 5.67. The van der Waals surface area contributed by atoms with Crippen LogP contribution in [0.4, 0.5) is 4.79 Å². The van der Waals surface area contributed by atoms with Gasteiger partial charge in [0.25, 0.3) is 0 Å². The Morgan fingerprint density at radius 3 is 2.94 bits per heavy atom. The van der Waals surface area contributed by atoms with E-state index in [4.69, 9.17) is 4.74 Å². The van der Waals surface area contributed by atoms with Gasteiger partial charge in [-0.3, -0.25) is 4.90 Å². The van der Waals surface area contributed by atoms with Crippen molar-refractivity contribution >= 4 is 12.4 Å². The van der Waals surface area contributed by atoms with Crippen molar-refractivity contribution in [3.8, 4) is 0 Å². The Morgan fingerprint density at radius 2 is 2.18 bits per heavy atom. The summed E-state index contributed by atoms with van der Waals surface area (Å²) < 4.78 is 5.14. The second kappa shape index (κ2) is 4.00. The van der Waals surface area contributed by atoms with E-state index < -0.39 is 0 Å². The van der Waals surface area contributed by atoms with Crippen molar-refractivity contribution in [1.82, 2.24) is 4.90 Å².